The van der Waals surface area contributed by atoms with E-state index in [9.17, 15) is 14.4 Å². The Bertz CT molecular complexity index is 605. The summed E-state index contributed by atoms with van der Waals surface area (Å²) in [6.07, 6.45) is 6.26. The van der Waals surface area contributed by atoms with Crippen molar-refractivity contribution >= 4 is 17.9 Å². The molecule has 2 atom stereocenters. The van der Waals surface area contributed by atoms with Gasteiger partial charge in [0, 0.05) is 38.8 Å². The fourth-order valence-corrected chi connectivity index (χ4v) is 4.45. The molecule has 0 spiro atoms. The molecule has 0 bridgehead atoms. The van der Waals surface area contributed by atoms with E-state index < -0.39 is 11.7 Å². The van der Waals surface area contributed by atoms with E-state index in [0.29, 0.717) is 32.7 Å². The van der Waals surface area contributed by atoms with E-state index in [1.165, 1.54) is 0 Å². The van der Waals surface area contributed by atoms with Crippen LogP contribution in [0.4, 0.5) is 4.79 Å². The summed E-state index contributed by atoms with van der Waals surface area (Å²) in [5.41, 5.74) is -0.566. The molecule has 0 aromatic carbocycles. The Hall–Kier alpha value is -1.83. The third-order valence-electron chi connectivity index (χ3n) is 5.93. The lowest BCUT2D eigenvalue weighted by Crippen LogP contribution is -2.50. The smallest absolute Gasteiger partial charge is 0.407 e. The van der Waals surface area contributed by atoms with Crippen molar-refractivity contribution in [3.8, 4) is 0 Å². The highest BCUT2D eigenvalue weighted by Gasteiger charge is 2.34. The number of rotatable bonds is 5. The monoisotopic (exact) mass is 438 g/mol. The molecule has 1 aliphatic carbocycles. The fraction of sp³-hybridized carbons (Fsp3) is 0.870. The molecule has 178 valence electrons. The number of hydrogen-bond acceptors (Lipinski definition) is 5. The molecule has 8 nitrogen and oxygen atoms in total. The Morgan fingerprint density at radius 3 is 2.32 bits per heavy atom. The van der Waals surface area contributed by atoms with Crippen LogP contribution in [0.1, 0.15) is 72.6 Å². The zero-order valence-electron chi connectivity index (χ0n) is 19.9. The molecule has 0 aromatic rings. The van der Waals surface area contributed by atoms with Crippen molar-refractivity contribution in [2.24, 2.45) is 5.92 Å². The van der Waals surface area contributed by atoms with E-state index >= 15 is 0 Å². The summed E-state index contributed by atoms with van der Waals surface area (Å²) in [5, 5.41) is 5.84. The predicted molar refractivity (Wildman–Crippen MR) is 121 cm³/mol. The van der Waals surface area contributed by atoms with Gasteiger partial charge in [-0.15, -0.1) is 0 Å². The molecule has 0 aromatic heterocycles. The number of carbonyl (C=O) groups is 3. The zero-order valence-corrected chi connectivity index (χ0v) is 19.9. The second kappa shape index (κ2) is 12.3. The molecule has 2 fully saturated rings. The molecule has 2 rings (SSSR count). The minimum atomic E-state index is -0.566. The second-order valence-corrected chi connectivity index (χ2v) is 9.76. The van der Waals surface area contributed by atoms with Crippen LogP contribution in [-0.4, -0.2) is 78.6 Å². The van der Waals surface area contributed by atoms with Crippen LogP contribution < -0.4 is 10.6 Å². The van der Waals surface area contributed by atoms with Gasteiger partial charge in [-0.25, -0.2) is 4.79 Å². The minimum Gasteiger partial charge on any atom is -0.444 e. The third-order valence-corrected chi connectivity index (χ3v) is 5.93. The van der Waals surface area contributed by atoms with Crippen molar-refractivity contribution in [2.45, 2.75) is 84.3 Å². The summed E-state index contributed by atoms with van der Waals surface area (Å²) in [6, 6.07) is -0.197. The molecule has 31 heavy (non-hydrogen) atoms. The number of likely N-dealkylation sites (N-methyl/N-ethyl adjacent to an activating group) is 1. The van der Waals surface area contributed by atoms with Gasteiger partial charge in [-0.1, -0.05) is 25.7 Å². The summed E-state index contributed by atoms with van der Waals surface area (Å²) in [7, 11) is 0. The van der Waals surface area contributed by atoms with Gasteiger partial charge in [0.1, 0.15) is 5.60 Å². The molecule has 8 heteroatoms. The van der Waals surface area contributed by atoms with Gasteiger partial charge in [-0.3, -0.25) is 14.5 Å². The first-order valence-electron chi connectivity index (χ1n) is 12.0. The first kappa shape index (κ1) is 25.4. The molecule has 3 amide bonds. The lowest BCUT2D eigenvalue weighted by molar-refractivity contribution is -0.136. The van der Waals surface area contributed by atoms with Gasteiger partial charge in [0.05, 0.1) is 12.5 Å². The molecule has 1 aliphatic heterocycles. The standard InChI is InChI=1S/C23H42N4O4/c1-5-24-20(28)17-26-13-10-14-27(16-15-26)21(29)18-11-8-6-7-9-12-19(18)25-22(30)31-23(2,3)4/h18-19H,5-17H2,1-4H3,(H,24,28)(H,25,30)/t18-,19+/m0/s1. The van der Waals surface area contributed by atoms with Crippen LogP contribution in [0.15, 0.2) is 0 Å². The van der Waals surface area contributed by atoms with Crippen LogP contribution in [-0.2, 0) is 14.3 Å². The Morgan fingerprint density at radius 1 is 0.935 bits per heavy atom. The van der Waals surface area contributed by atoms with Crippen LogP contribution in [0.3, 0.4) is 0 Å². The number of nitrogens with zero attached hydrogens (tertiary/aromatic N) is 2. The summed E-state index contributed by atoms with van der Waals surface area (Å²) in [5.74, 6) is -0.0607. The van der Waals surface area contributed by atoms with Crippen molar-refractivity contribution in [1.82, 2.24) is 20.4 Å². The maximum atomic E-state index is 13.5. The molecule has 0 radical (unpaired) electrons. The van der Waals surface area contributed by atoms with Gasteiger partial charge in [-0.05, 0) is 47.0 Å². The topological polar surface area (TPSA) is 91.0 Å². The normalized spacial score (nSPS) is 23.8. The van der Waals surface area contributed by atoms with Gasteiger partial charge in [-0.2, -0.15) is 0 Å². The number of alkyl carbamates (subject to hydrolysis) is 1. The highest BCUT2D eigenvalue weighted by atomic mass is 16.6. The maximum absolute atomic E-state index is 13.5. The fourth-order valence-electron chi connectivity index (χ4n) is 4.45. The van der Waals surface area contributed by atoms with Crippen molar-refractivity contribution in [1.29, 1.82) is 0 Å². The summed E-state index contributed by atoms with van der Waals surface area (Å²) < 4.78 is 5.46. The lowest BCUT2D eigenvalue weighted by atomic mass is 9.85. The number of ether oxygens (including phenoxy) is 1. The number of carbonyl (C=O) groups excluding carboxylic acids is 3. The van der Waals surface area contributed by atoms with E-state index in [4.69, 9.17) is 4.74 Å². The molecular formula is C23H42N4O4. The van der Waals surface area contributed by atoms with E-state index in [2.05, 4.69) is 15.5 Å². The van der Waals surface area contributed by atoms with Crippen molar-refractivity contribution < 1.29 is 19.1 Å². The van der Waals surface area contributed by atoms with E-state index in [1.54, 1.807) is 0 Å². The van der Waals surface area contributed by atoms with Crippen molar-refractivity contribution in [3.63, 3.8) is 0 Å². The molecule has 2 N–H and O–H groups in total. The van der Waals surface area contributed by atoms with Gasteiger partial charge < -0.3 is 20.3 Å². The minimum absolute atomic E-state index is 0.0314. The molecular weight excluding hydrogens is 396 g/mol. The first-order chi connectivity index (χ1) is 14.7. The maximum Gasteiger partial charge on any atom is 0.407 e. The van der Waals surface area contributed by atoms with Crippen LogP contribution in [0, 0.1) is 5.92 Å². The molecule has 1 saturated carbocycles. The van der Waals surface area contributed by atoms with Gasteiger partial charge >= 0.3 is 6.09 Å². The molecule has 2 aliphatic rings. The average Bonchev–Trinajstić information content (AvgIpc) is 2.88. The number of nitrogens with one attached hydrogen (secondary N) is 2. The van der Waals surface area contributed by atoms with Crippen molar-refractivity contribution in [3.05, 3.63) is 0 Å². The van der Waals surface area contributed by atoms with Crippen LogP contribution in [0.5, 0.6) is 0 Å². The molecule has 1 saturated heterocycles. The SMILES string of the molecule is CCNC(=O)CN1CCCN(C(=O)[C@H]2CCCCCC[C@H]2NC(=O)OC(C)(C)C)CC1. The quantitative estimate of drug-likeness (QED) is 0.688. The Labute approximate surface area is 187 Å². The first-order valence-corrected chi connectivity index (χ1v) is 12.0. The highest BCUT2D eigenvalue weighted by Crippen LogP contribution is 2.26. The van der Waals surface area contributed by atoms with Crippen LogP contribution >= 0.6 is 0 Å². The second-order valence-electron chi connectivity index (χ2n) is 9.76. The van der Waals surface area contributed by atoms with Gasteiger partial charge in [0.15, 0.2) is 0 Å². The summed E-state index contributed by atoms with van der Waals surface area (Å²) >= 11 is 0. The predicted octanol–water partition coefficient (Wildman–Crippen LogP) is 2.52. The third kappa shape index (κ3) is 9.05. The Kier molecular flexibility index (Phi) is 10.1. The van der Waals surface area contributed by atoms with Crippen LogP contribution in [0.2, 0.25) is 0 Å². The van der Waals surface area contributed by atoms with Crippen LogP contribution in [0.25, 0.3) is 0 Å². The largest absolute Gasteiger partial charge is 0.444 e. The average molecular weight is 439 g/mol. The van der Waals surface area contributed by atoms with E-state index in [0.717, 1.165) is 51.5 Å². The van der Waals surface area contributed by atoms with Gasteiger partial charge in [0.2, 0.25) is 11.8 Å². The Morgan fingerprint density at radius 2 is 1.65 bits per heavy atom. The number of amides is 3. The molecule has 0 unspecified atom stereocenters. The van der Waals surface area contributed by atoms with E-state index in [1.807, 2.05) is 32.6 Å². The summed E-state index contributed by atoms with van der Waals surface area (Å²) in [4.78, 5) is 41.9. The van der Waals surface area contributed by atoms with Gasteiger partial charge in [0.25, 0.3) is 0 Å². The Balaban J connectivity index is 2.00. The highest BCUT2D eigenvalue weighted by molar-refractivity contribution is 5.81. The lowest BCUT2D eigenvalue weighted by Gasteiger charge is -2.33. The zero-order chi connectivity index (χ0) is 22.9. The van der Waals surface area contributed by atoms with Crippen molar-refractivity contribution in [2.75, 3.05) is 39.3 Å². The van der Waals surface area contributed by atoms with E-state index in [-0.39, 0.29) is 23.8 Å². The summed E-state index contributed by atoms with van der Waals surface area (Å²) in [6.45, 7) is 11.3. The number of hydrogen-bond donors (Lipinski definition) is 2. The molecule has 1 heterocycles.